The van der Waals surface area contributed by atoms with E-state index in [1.54, 1.807) is 18.2 Å². The summed E-state index contributed by atoms with van der Waals surface area (Å²) in [7, 11) is 0. The van der Waals surface area contributed by atoms with Gasteiger partial charge in [-0.25, -0.2) is 0 Å². The highest BCUT2D eigenvalue weighted by atomic mass is 35.5. The molecule has 0 spiro atoms. The number of nitrogens with one attached hydrogen (secondary N) is 2. The first-order chi connectivity index (χ1) is 10.9. The molecule has 0 saturated heterocycles. The van der Waals surface area contributed by atoms with Gasteiger partial charge in [0.2, 0.25) is 11.8 Å². The Morgan fingerprint density at radius 1 is 1.39 bits per heavy atom. The number of carbonyl (C=O) groups is 2. The normalized spacial score (nSPS) is 19.3. The second kappa shape index (κ2) is 7.68. The number of hydrogen-bond acceptors (Lipinski definition) is 3. The summed E-state index contributed by atoms with van der Waals surface area (Å²) in [5, 5.41) is 6.00. The molecule has 0 heterocycles. The maximum absolute atomic E-state index is 11.9. The molecule has 1 saturated carbocycles. The first kappa shape index (κ1) is 17.6. The Bertz CT molecular complexity index is 589. The van der Waals surface area contributed by atoms with E-state index in [9.17, 15) is 9.59 Å². The lowest BCUT2D eigenvalue weighted by Crippen LogP contribution is -2.29. The van der Waals surface area contributed by atoms with E-state index in [0.29, 0.717) is 28.9 Å². The molecular weight excluding hydrogens is 316 g/mol. The Hall–Kier alpha value is -1.75. The quantitative estimate of drug-likeness (QED) is 0.802. The fourth-order valence-electron chi connectivity index (χ4n) is 2.27. The summed E-state index contributed by atoms with van der Waals surface area (Å²) in [5.74, 6) is 1.07. The van der Waals surface area contributed by atoms with Gasteiger partial charge >= 0.3 is 0 Å². The topological polar surface area (TPSA) is 67.4 Å². The second-order valence-corrected chi connectivity index (χ2v) is 6.63. The van der Waals surface area contributed by atoms with Gasteiger partial charge in [-0.15, -0.1) is 0 Å². The molecule has 1 aliphatic rings. The van der Waals surface area contributed by atoms with Gasteiger partial charge in [0.25, 0.3) is 0 Å². The molecular formula is C17H23ClN2O3. The average Bonchev–Trinajstić information content (AvgIpc) is 3.18. The van der Waals surface area contributed by atoms with E-state index in [1.165, 1.54) is 0 Å². The number of anilines is 1. The molecule has 2 atom stereocenters. The van der Waals surface area contributed by atoms with E-state index in [0.717, 1.165) is 6.42 Å². The standard InChI is InChI=1S/C17H23ClN2O3/c1-10(2)23-15-5-4-12(9-14(15)18)20-16(21)6-7-19-17(22)13-8-11(13)3/h4-5,9-11,13H,6-8H2,1-3H3,(H,19,22)(H,20,21)/t11-,13+/m1/s1. The number of amides is 2. The van der Waals surface area contributed by atoms with Crippen LogP contribution in [-0.4, -0.2) is 24.5 Å². The minimum atomic E-state index is -0.164. The first-order valence-corrected chi connectivity index (χ1v) is 8.28. The zero-order chi connectivity index (χ0) is 17.0. The number of hydrogen-bond donors (Lipinski definition) is 2. The van der Waals surface area contributed by atoms with Crippen LogP contribution < -0.4 is 15.4 Å². The van der Waals surface area contributed by atoms with Gasteiger partial charge in [0.05, 0.1) is 11.1 Å². The predicted octanol–water partition coefficient (Wildman–Crippen LogP) is 3.23. The van der Waals surface area contributed by atoms with E-state index in [1.807, 2.05) is 20.8 Å². The van der Waals surface area contributed by atoms with Crippen LogP contribution in [0.2, 0.25) is 5.02 Å². The molecule has 2 rings (SSSR count). The van der Waals surface area contributed by atoms with Crippen molar-refractivity contribution in [2.75, 3.05) is 11.9 Å². The van der Waals surface area contributed by atoms with Crippen molar-refractivity contribution in [2.45, 2.75) is 39.7 Å². The maximum atomic E-state index is 11.9. The molecule has 1 aliphatic carbocycles. The fraction of sp³-hybridized carbons (Fsp3) is 0.529. The van der Waals surface area contributed by atoms with Gasteiger partial charge in [0.15, 0.2) is 0 Å². The lowest BCUT2D eigenvalue weighted by Gasteiger charge is -2.13. The van der Waals surface area contributed by atoms with Crippen molar-refractivity contribution in [3.63, 3.8) is 0 Å². The van der Waals surface area contributed by atoms with Crippen molar-refractivity contribution in [3.05, 3.63) is 23.2 Å². The maximum Gasteiger partial charge on any atom is 0.226 e. The summed E-state index contributed by atoms with van der Waals surface area (Å²) in [6, 6.07) is 5.13. The van der Waals surface area contributed by atoms with Crippen molar-refractivity contribution in [2.24, 2.45) is 11.8 Å². The van der Waals surface area contributed by atoms with Crippen LogP contribution in [0.3, 0.4) is 0 Å². The van der Waals surface area contributed by atoms with Crippen LogP contribution in [-0.2, 0) is 9.59 Å². The minimum absolute atomic E-state index is 0.0331. The zero-order valence-corrected chi connectivity index (χ0v) is 14.4. The Morgan fingerprint density at radius 2 is 2.09 bits per heavy atom. The molecule has 2 N–H and O–H groups in total. The summed E-state index contributed by atoms with van der Waals surface area (Å²) in [4.78, 5) is 23.5. The van der Waals surface area contributed by atoms with Crippen LogP contribution in [0.15, 0.2) is 18.2 Å². The zero-order valence-electron chi connectivity index (χ0n) is 13.7. The Kier molecular flexibility index (Phi) is 5.88. The molecule has 5 nitrogen and oxygen atoms in total. The third kappa shape index (κ3) is 5.43. The molecule has 0 radical (unpaired) electrons. The van der Waals surface area contributed by atoms with Gasteiger partial charge in [0.1, 0.15) is 5.75 Å². The molecule has 0 aromatic heterocycles. The van der Waals surface area contributed by atoms with Crippen LogP contribution in [0.5, 0.6) is 5.75 Å². The van der Waals surface area contributed by atoms with Crippen molar-refractivity contribution >= 4 is 29.1 Å². The molecule has 1 fully saturated rings. The molecule has 126 valence electrons. The summed E-state index contributed by atoms with van der Waals surface area (Å²) >= 11 is 6.12. The van der Waals surface area contributed by atoms with Gasteiger partial charge in [0, 0.05) is 24.6 Å². The Morgan fingerprint density at radius 3 is 2.65 bits per heavy atom. The van der Waals surface area contributed by atoms with E-state index in [2.05, 4.69) is 10.6 Å². The Labute approximate surface area is 141 Å². The van der Waals surface area contributed by atoms with Crippen molar-refractivity contribution in [1.29, 1.82) is 0 Å². The molecule has 0 bridgehead atoms. The Balaban J connectivity index is 1.76. The highest BCUT2D eigenvalue weighted by molar-refractivity contribution is 6.32. The van der Waals surface area contributed by atoms with Crippen molar-refractivity contribution in [1.82, 2.24) is 5.32 Å². The van der Waals surface area contributed by atoms with Gasteiger partial charge in [-0.1, -0.05) is 18.5 Å². The number of halogens is 1. The van der Waals surface area contributed by atoms with E-state index in [-0.39, 0.29) is 30.3 Å². The van der Waals surface area contributed by atoms with Gasteiger partial charge in [-0.3, -0.25) is 9.59 Å². The van der Waals surface area contributed by atoms with Gasteiger partial charge in [-0.05, 0) is 44.4 Å². The van der Waals surface area contributed by atoms with E-state index in [4.69, 9.17) is 16.3 Å². The van der Waals surface area contributed by atoms with Crippen LogP contribution in [0.1, 0.15) is 33.6 Å². The lowest BCUT2D eigenvalue weighted by atomic mass is 10.2. The average molecular weight is 339 g/mol. The molecule has 23 heavy (non-hydrogen) atoms. The van der Waals surface area contributed by atoms with Crippen LogP contribution in [0.25, 0.3) is 0 Å². The summed E-state index contributed by atoms with van der Waals surface area (Å²) in [5.41, 5.74) is 0.609. The minimum Gasteiger partial charge on any atom is -0.489 e. The molecule has 1 aromatic carbocycles. The highest BCUT2D eigenvalue weighted by Gasteiger charge is 2.38. The molecule has 0 aliphatic heterocycles. The van der Waals surface area contributed by atoms with Gasteiger partial charge < -0.3 is 15.4 Å². The summed E-state index contributed by atoms with van der Waals surface area (Å²) in [6.45, 7) is 6.23. The van der Waals surface area contributed by atoms with Crippen LogP contribution in [0, 0.1) is 11.8 Å². The predicted molar refractivity (Wildman–Crippen MR) is 90.7 cm³/mol. The largest absolute Gasteiger partial charge is 0.489 e. The van der Waals surface area contributed by atoms with Gasteiger partial charge in [-0.2, -0.15) is 0 Å². The van der Waals surface area contributed by atoms with Crippen molar-refractivity contribution in [3.8, 4) is 5.75 Å². The SMILES string of the molecule is CC(C)Oc1ccc(NC(=O)CCNC(=O)[C@H]2C[C@H]2C)cc1Cl. The number of carbonyl (C=O) groups excluding carboxylic acids is 2. The van der Waals surface area contributed by atoms with Crippen LogP contribution >= 0.6 is 11.6 Å². The highest BCUT2D eigenvalue weighted by Crippen LogP contribution is 2.37. The smallest absolute Gasteiger partial charge is 0.226 e. The first-order valence-electron chi connectivity index (χ1n) is 7.90. The number of benzene rings is 1. The fourth-order valence-corrected chi connectivity index (χ4v) is 2.49. The monoisotopic (exact) mass is 338 g/mol. The number of ether oxygens (including phenoxy) is 1. The summed E-state index contributed by atoms with van der Waals surface area (Å²) in [6.07, 6.45) is 1.21. The van der Waals surface area contributed by atoms with Crippen LogP contribution in [0.4, 0.5) is 5.69 Å². The third-order valence-electron chi connectivity index (χ3n) is 3.68. The molecule has 0 unspecified atom stereocenters. The molecule has 2 amide bonds. The molecule has 1 aromatic rings. The molecule has 6 heteroatoms. The van der Waals surface area contributed by atoms with E-state index >= 15 is 0 Å². The second-order valence-electron chi connectivity index (χ2n) is 6.22. The van der Waals surface area contributed by atoms with Crippen molar-refractivity contribution < 1.29 is 14.3 Å². The lowest BCUT2D eigenvalue weighted by molar-refractivity contribution is -0.122. The number of rotatable bonds is 7. The third-order valence-corrected chi connectivity index (χ3v) is 3.97. The van der Waals surface area contributed by atoms with E-state index < -0.39 is 0 Å². The summed E-state index contributed by atoms with van der Waals surface area (Å²) < 4.78 is 5.54.